The molecule has 0 aliphatic carbocycles. The summed E-state index contributed by atoms with van der Waals surface area (Å²) < 4.78 is 12.0. The van der Waals surface area contributed by atoms with E-state index in [4.69, 9.17) is 9.47 Å². The molecule has 0 aromatic heterocycles. The molecule has 6 atom stereocenters. The lowest BCUT2D eigenvalue weighted by Gasteiger charge is -2.37. The Kier molecular flexibility index (Phi) is 7.85. The molecule has 1 aromatic rings. The van der Waals surface area contributed by atoms with Crippen LogP contribution >= 0.6 is 0 Å². The molecule has 9 heteroatoms. The van der Waals surface area contributed by atoms with Crippen LogP contribution in [0.2, 0.25) is 0 Å². The van der Waals surface area contributed by atoms with Crippen molar-refractivity contribution in [3.05, 3.63) is 24.3 Å². The van der Waals surface area contributed by atoms with Gasteiger partial charge in [0.15, 0.2) is 0 Å². The highest BCUT2D eigenvalue weighted by molar-refractivity contribution is 6.04. The first-order valence-corrected chi connectivity index (χ1v) is 13.5. The van der Waals surface area contributed by atoms with Gasteiger partial charge in [0.25, 0.3) is 0 Å². The molecule has 2 unspecified atom stereocenters. The largest absolute Gasteiger partial charge is 0.497 e. The number of amides is 3. The minimum absolute atomic E-state index is 0.191. The smallest absolute Gasteiger partial charge is 0.250 e. The number of methoxy groups -OCH3 is 1. The van der Waals surface area contributed by atoms with E-state index in [0.717, 1.165) is 6.42 Å². The van der Waals surface area contributed by atoms with Crippen LogP contribution in [0.3, 0.4) is 0 Å². The topological polar surface area (TPSA) is 117 Å². The normalized spacial score (nSPS) is 30.9. The van der Waals surface area contributed by atoms with Crippen LogP contribution in [0.15, 0.2) is 24.3 Å². The molecule has 9 nitrogen and oxygen atoms in total. The Labute approximate surface area is 219 Å². The van der Waals surface area contributed by atoms with Crippen LogP contribution in [0.4, 0.5) is 5.69 Å². The van der Waals surface area contributed by atoms with Crippen molar-refractivity contribution in [2.75, 3.05) is 25.6 Å². The number of aliphatic hydroxyl groups excluding tert-OH is 1. The molecule has 1 spiro atoms. The molecule has 2 bridgehead atoms. The van der Waals surface area contributed by atoms with Crippen LogP contribution < -0.4 is 15.4 Å². The first-order chi connectivity index (χ1) is 17.7. The number of nitrogens with one attached hydrogen (secondary N) is 2. The van der Waals surface area contributed by atoms with Gasteiger partial charge in [-0.15, -0.1) is 0 Å². The lowest BCUT2D eigenvalue weighted by Crippen LogP contribution is -2.56. The molecule has 3 fully saturated rings. The zero-order valence-electron chi connectivity index (χ0n) is 22.6. The predicted octanol–water partition coefficient (Wildman–Crippen LogP) is 2.72. The van der Waals surface area contributed by atoms with Crippen LogP contribution in [0.1, 0.15) is 59.8 Å². The van der Waals surface area contributed by atoms with E-state index in [0.29, 0.717) is 43.7 Å². The summed E-state index contributed by atoms with van der Waals surface area (Å²) >= 11 is 0. The highest BCUT2D eigenvalue weighted by Crippen LogP contribution is 2.64. The fourth-order valence-electron chi connectivity index (χ4n) is 6.81. The monoisotopic (exact) mass is 515 g/mol. The molecule has 204 valence electrons. The Balaban J connectivity index is 1.76. The second-order valence-electron chi connectivity index (χ2n) is 11.1. The van der Waals surface area contributed by atoms with Gasteiger partial charge in [-0.05, 0) is 62.3 Å². The van der Waals surface area contributed by atoms with Gasteiger partial charge in [-0.1, -0.05) is 27.7 Å². The van der Waals surface area contributed by atoms with Gasteiger partial charge in [0.05, 0.1) is 37.2 Å². The van der Waals surface area contributed by atoms with Gasteiger partial charge in [0.2, 0.25) is 17.7 Å². The van der Waals surface area contributed by atoms with Gasteiger partial charge in [-0.2, -0.15) is 0 Å². The molecule has 3 saturated heterocycles. The number of benzene rings is 1. The van der Waals surface area contributed by atoms with Crippen molar-refractivity contribution in [2.45, 2.75) is 83.1 Å². The third kappa shape index (κ3) is 4.50. The Bertz CT molecular complexity index is 1010. The summed E-state index contributed by atoms with van der Waals surface area (Å²) in [6, 6.07) is 5.47. The Morgan fingerprint density at radius 2 is 1.89 bits per heavy atom. The summed E-state index contributed by atoms with van der Waals surface area (Å²) in [6.45, 7) is 8.23. The molecule has 3 heterocycles. The number of fused-ring (bicyclic) bond motifs is 1. The Morgan fingerprint density at radius 3 is 2.46 bits per heavy atom. The number of anilines is 1. The van der Waals surface area contributed by atoms with E-state index in [9.17, 15) is 19.5 Å². The number of carbonyl (C=O) groups is 3. The molecule has 37 heavy (non-hydrogen) atoms. The molecule has 3 aliphatic rings. The van der Waals surface area contributed by atoms with Crippen molar-refractivity contribution < 1.29 is 29.0 Å². The number of hydrogen-bond acceptors (Lipinski definition) is 6. The maximum absolute atomic E-state index is 14.2. The van der Waals surface area contributed by atoms with Gasteiger partial charge in [-0.25, -0.2) is 0 Å². The van der Waals surface area contributed by atoms with E-state index in [1.807, 2.05) is 27.7 Å². The van der Waals surface area contributed by atoms with E-state index in [2.05, 4.69) is 10.6 Å². The number of ether oxygens (including phenoxy) is 2. The summed E-state index contributed by atoms with van der Waals surface area (Å²) in [5.74, 6) is -1.43. The Morgan fingerprint density at radius 1 is 1.19 bits per heavy atom. The Hall–Kier alpha value is -2.65. The second kappa shape index (κ2) is 10.6. The van der Waals surface area contributed by atoms with Crippen LogP contribution in [-0.2, 0) is 19.1 Å². The van der Waals surface area contributed by atoms with Crippen molar-refractivity contribution in [1.29, 1.82) is 0 Å². The average Bonchev–Trinajstić information content (AvgIpc) is 3.49. The van der Waals surface area contributed by atoms with Crippen LogP contribution in [0.5, 0.6) is 5.75 Å². The van der Waals surface area contributed by atoms with E-state index < -0.39 is 35.1 Å². The van der Waals surface area contributed by atoms with Gasteiger partial charge >= 0.3 is 0 Å². The van der Waals surface area contributed by atoms with Crippen molar-refractivity contribution in [3.63, 3.8) is 0 Å². The maximum Gasteiger partial charge on any atom is 0.250 e. The molecular formula is C28H41N3O6. The predicted molar refractivity (Wildman–Crippen MR) is 139 cm³/mol. The highest BCUT2D eigenvalue weighted by Gasteiger charge is 2.79. The fourth-order valence-corrected chi connectivity index (χ4v) is 6.81. The highest BCUT2D eigenvalue weighted by atomic mass is 16.5. The van der Waals surface area contributed by atoms with Crippen molar-refractivity contribution in [1.82, 2.24) is 10.2 Å². The van der Waals surface area contributed by atoms with Crippen molar-refractivity contribution in [3.8, 4) is 5.75 Å². The fraction of sp³-hybridized carbons (Fsp3) is 0.679. The van der Waals surface area contributed by atoms with Gasteiger partial charge in [0.1, 0.15) is 17.4 Å². The molecule has 3 N–H and O–H groups in total. The minimum atomic E-state index is -1.12. The first-order valence-electron chi connectivity index (χ1n) is 13.5. The molecule has 0 saturated carbocycles. The molecular weight excluding hydrogens is 474 g/mol. The summed E-state index contributed by atoms with van der Waals surface area (Å²) in [6.07, 6.45) is 2.99. The average molecular weight is 516 g/mol. The summed E-state index contributed by atoms with van der Waals surface area (Å²) in [5, 5.41) is 16.3. The van der Waals surface area contributed by atoms with Crippen LogP contribution in [-0.4, -0.2) is 71.3 Å². The molecule has 1 aromatic carbocycles. The third-order valence-corrected chi connectivity index (χ3v) is 8.40. The van der Waals surface area contributed by atoms with Gasteiger partial charge < -0.3 is 30.1 Å². The van der Waals surface area contributed by atoms with E-state index >= 15 is 0 Å². The van der Waals surface area contributed by atoms with E-state index in [1.54, 1.807) is 31.4 Å². The molecule has 3 aliphatic heterocycles. The number of rotatable bonds is 11. The lowest BCUT2D eigenvalue weighted by atomic mass is 9.65. The summed E-state index contributed by atoms with van der Waals surface area (Å²) in [7, 11) is 1.57. The van der Waals surface area contributed by atoms with Crippen molar-refractivity contribution in [2.24, 2.45) is 17.8 Å². The molecule has 0 radical (unpaired) electrons. The SMILES string of the molecule is CCCNC(=O)[C@@H]1[C@H]2C(=O)N([C@@H](CO)CC(C)C)C(C(=O)Nc3ccc(OC)cc3)C23CC[C@@]1(CC)O3. The maximum atomic E-state index is 14.2. The first kappa shape index (κ1) is 27.4. The quantitative estimate of drug-likeness (QED) is 0.417. The zero-order valence-corrected chi connectivity index (χ0v) is 22.6. The van der Waals surface area contributed by atoms with Crippen LogP contribution in [0.25, 0.3) is 0 Å². The van der Waals surface area contributed by atoms with Gasteiger partial charge in [-0.3, -0.25) is 14.4 Å². The lowest BCUT2D eigenvalue weighted by molar-refractivity contribution is -0.149. The zero-order chi connectivity index (χ0) is 27.0. The van der Waals surface area contributed by atoms with E-state index in [1.165, 1.54) is 4.90 Å². The number of nitrogens with zero attached hydrogens (tertiary/aromatic N) is 1. The van der Waals surface area contributed by atoms with Crippen LogP contribution in [0, 0.1) is 17.8 Å². The summed E-state index contributed by atoms with van der Waals surface area (Å²) in [4.78, 5) is 43.2. The number of likely N-dealkylation sites (tertiary alicyclic amines) is 1. The second-order valence-corrected chi connectivity index (χ2v) is 11.1. The number of carbonyl (C=O) groups excluding carboxylic acids is 3. The number of aliphatic hydroxyl groups is 1. The van der Waals surface area contributed by atoms with E-state index in [-0.39, 0.29) is 30.2 Å². The minimum Gasteiger partial charge on any atom is -0.497 e. The summed E-state index contributed by atoms with van der Waals surface area (Å²) in [5.41, 5.74) is -1.34. The van der Waals surface area contributed by atoms with Gasteiger partial charge in [0, 0.05) is 12.2 Å². The number of hydrogen-bond donors (Lipinski definition) is 3. The van der Waals surface area contributed by atoms with Crippen molar-refractivity contribution >= 4 is 23.4 Å². The molecule has 4 rings (SSSR count). The standard InChI is InChI=1S/C28H41N3O6/c1-6-14-29-24(33)21-22-26(35)31(19(16-32)15-17(3)4)23(28(22)13-12-27(21,7-2)37-28)25(34)30-18-8-10-20(36-5)11-9-18/h8-11,17,19,21-23,32H,6-7,12-16H2,1-5H3,(H,29,33)(H,30,34)/t19-,21+,22+,23?,27-,28?/m1/s1. The molecule has 3 amide bonds. The third-order valence-electron chi connectivity index (χ3n) is 8.40.